The van der Waals surface area contributed by atoms with E-state index in [2.05, 4.69) is 0 Å². The highest BCUT2D eigenvalue weighted by atomic mass is 35.5. The topological polar surface area (TPSA) is 44.5 Å². The molecule has 0 saturated carbocycles. The third kappa shape index (κ3) is 1.33. The van der Waals surface area contributed by atoms with Crippen LogP contribution >= 0.6 is 11.6 Å². The van der Waals surface area contributed by atoms with Crippen LogP contribution in [0.15, 0.2) is 6.07 Å². The van der Waals surface area contributed by atoms with Crippen molar-refractivity contribution in [2.75, 3.05) is 6.79 Å². The Labute approximate surface area is 87.8 Å². The summed E-state index contributed by atoms with van der Waals surface area (Å²) < 4.78 is 10.5. The lowest BCUT2D eigenvalue weighted by Gasteiger charge is -2.13. The van der Waals surface area contributed by atoms with Crippen LogP contribution < -0.4 is 15.2 Å². The molecule has 0 amide bonds. The van der Waals surface area contributed by atoms with Gasteiger partial charge in [0.25, 0.3) is 0 Å². The first-order valence-electron chi connectivity index (χ1n) is 4.45. The van der Waals surface area contributed by atoms with E-state index >= 15 is 0 Å². The molecule has 0 radical (unpaired) electrons. The van der Waals surface area contributed by atoms with Crippen LogP contribution in [-0.4, -0.2) is 6.79 Å². The molecular formula is C10H12ClNO2. The molecule has 1 heterocycles. The van der Waals surface area contributed by atoms with Gasteiger partial charge in [-0.2, -0.15) is 0 Å². The summed E-state index contributed by atoms with van der Waals surface area (Å²) >= 11 is 6.17. The normalized spacial score (nSPS) is 15.7. The van der Waals surface area contributed by atoms with Gasteiger partial charge in [0.2, 0.25) is 6.79 Å². The van der Waals surface area contributed by atoms with E-state index in [1.807, 2.05) is 19.9 Å². The number of hydrogen-bond acceptors (Lipinski definition) is 3. The molecule has 1 aliphatic rings. The molecule has 0 fully saturated rings. The first-order valence-corrected chi connectivity index (χ1v) is 4.83. The minimum atomic E-state index is -0.100. The minimum absolute atomic E-state index is 0.100. The van der Waals surface area contributed by atoms with Crippen LogP contribution in [0.2, 0.25) is 5.02 Å². The molecule has 2 rings (SSSR count). The summed E-state index contributed by atoms with van der Waals surface area (Å²) in [5, 5.41) is 0.576. The fourth-order valence-corrected chi connectivity index (χ4v) is 2.16. The van der Waals surface area contributed by atoms with Gasteiger partial charge in [-0.25, -0.2) is 0 Å². The maximum Gasteiger partial charge on any atom is 0.231 e. The van der Waals surface area contributed by atoms with Crippen molar-refractivity contribution in [3.63, 3.8) is 0 Å². The molecule has 76 valence electrons. The average Bonchev–Trinajstić information content (AvgIpc) is 2.50. The van der Waals surface area contributed by atoms with Gasteiger partial charge in [-0.15, -0.1) is 0 Å². The maximum absolute atomic E-state index is 6.17. The largest absolute Gasteiger partial charge is 0.454 e. The van der Waals surface area contributed by atoms with Crippen LogP contribution in [-0.2, 0) is 0 Å². The summed E-state index contributed by atoms with van der Waals surface area (Å²) in [4.78, 5) is 0. The zero-order valence-corrected chi connectivity index (χ0v) is 8.89. The Morgan fingerprint density at radius 2 is 2.21 bits per heavy atom. The van der Waals surface area contributed by atoms with Gasteiger partial charge >= 0.3 is 0 Å². The van der Waals surface area contributed by atoms with Crippen molar-refractivity contribution in [3.05, 3.63) is 22.2 Å². The third-order valence-corrected chi connectivity index (χ3v) is 2.68. The van der Waals surface area contributed by atoms with Crippen LogP contribution in [0.25, 0.3) is 0 Å². The molecule has 0 saturated heterocycles. The Bertz CT molecular complexity index is 377. The van der Waals surface area contributed by atoms with Crippen molar-refractivity contribution in [2.45, 2.75) is 19.9 Å². The zero-order chi connectivity index (χ0) is 10.3. The Hall–Kier alpha value is -0.930. The fourth-order valence-electron chi connectivity index (χ4n) is 1.70. The van der Waals surface area contributed by atoms with Gasteiger partial charge in [0.05, 0.1) is 5.02 Å². The molecule has 2 N–H and O–H groups in total. The van der Waals surface area contributed by atoms with Crippen LogP contribution in [0.3, 0.4) is 0 Å². The number of aryl methyl sites for hydroxylation is 1. The summed E-state index contributed by atoms with van der Waals surface area (Å²) in [5.74, 6) is 1.32. The summed E-state index contributed by atoms with van der Waals surface area (Å²) in [6.45, 7) is 4.10. The van der Waals surface area contributed by atoms with E-state index in [-0.39, 0.29) is 12.8 Å². The smallest absolute Gasteiger partial charge is 0.231 e. The highest BCUT2D eigenvalue weighted by Crippen LogP contribution is 2.43. The molecule has 4 heteroatoms. The number of nitrogens with two attached hydrogens (primary N) is 1. The molecule has 3 nitrogen and oxygen atoms in total. The van der Waals surface area contributed by atoms with Gasteiger partial charge in [0.1, 0.15) is 0 Å². The standard InChI is InChI=1S/C10H12ClNO2/c1-5-3-7-10(14-4-13-7)9(11)8(5)6(2)12/h3,6H,4,12H2,1-2H3. The van der Waals surface area contributed by atoms with Crippen molar-refractivity contribution < 1.29 is 9.47 Å². The summed E-state index contributed by atoms with van der Waals surface area (Å²) in [6.07, 6.45) is 0. The monoisotopic (exact) mass is 213 g/mol. The van der Waals surface area contributed by atoms with Crippen LogP contribution in [0.4, 0.5) is 0 Å². The molecule has 1 aliphatic heterocycles. The van der Waals surface area contributed by atoms with E-state index in [0.717, 1.165) is 11.1 Å². The Morgan fingerprint density at radius 3 is 2.86 bits per heavy atom. The molecule has 0 spiro atoms. The van der Waals surface area contributed by atoms with E-state index in [4.69, 9.17) is 26.8 Å². The molecular weight excluding hydrogens is 202 g/mol. The van der Waals surface area contributed by atoms with Crippen LogP contribution in [0.1, 0.15) is 24.1 Å². The van der Waals surface area contributed by atoms with Gasteiger partial charge in [-0.1, -0.05) is 11.6 Å². The number of ether oxygens (including phenoxy) is 2. The molecule has 0 bridgehead atoms. The van der Waals surface area contributed by atoms with Gasteiger partial charge in [-0.3, -0.25) is 0 Å². The molecule has 1 unspecified atom stereocenters. The van der Waals surface area contributed by atoms with Crippen LogP contribution in [0, 0.1) is 6.92 Å². The van der Waals surface area contributed by atoms with E-state index in [9.17, 15) is 0 Å². The second kappa shape index (κ2) is 3.33. The lowest BCUT2D eigenvalue weighted by molar-refractivity contribution is 0.174. The van der Waals surface area contributed by atoms with E-state index in [0.29, 0.717) is 16.5 Å². The van der Waals surface area contributed by atoms with Crippen molar-refractivity contribution in [1.82, 2.24) is 0 Å². The van der Waals surface area contributed by atoms with Crippen molar-refractivity contribution in [1.29, 1.82) is 0 Å². The van der Waals surface area contributed by atoms with Crippen molar-refractivity contribution in [2.24, 2.45) is 5.73 Å². The number of rotatable bonds is 1. The summed E-state index contributed by atoms with van der Waals surface area (Å²) in [7, 11) is 0. The second-order valence-electron chi connectivity index (χ2n) is 3.44. The SMILES string of the molecule is Cc1cc2c(c(Cl)c1C(C)N)OCO2. The van der Waals surface area contributed by atoms with Crippen LogP contribution in [0.5, 0.6) is 11.5 Å². The molecule has 0 aromatic heterocycles. The van der Waals surface area contributed by atoms with E-state index < -0.39 is 0 Å². The van der Waals surface area contributed by atoms with Crippen molar-refractivity contribution in [3.8, 4) is 11.5 Å². The quantitative estimate of drug-likeness (QED) is 0.779. The average molecular weight is 214 g/mol. The highest BCUT2D eigenvalue weighted by molar-refractivity contribution is 6.33. The first kappa shape index (κ1) is 9.62. The highest BCUT2D eigenvalue weighted by Gasteiger charge is 2.23. The Morgan fingerprint density at radius 1 is 1.50 bits per heavy atom. The van der Waals surface area contributed by atoms with Crippen molar-refractivity contribution >= 4 is 11.6 Å². The Kier molecular flexibility index (Phi) is 2.29. The maximum atomic E-state index is 6.17. The predicted molar refractivity (Wildman–Crippen MR) is 54.9 cm³/mol. The number of benzene rings is 1. The lowest BCUT2D eigenvalue weighted by atomic mass is 10.0. The lowest BCUT2D eigenvalue weighted by Crippen LogP contribution is -2.08. The molecule has 1 aromatic carbocycles. The van der Waals surface area contributed by atoms with E-state index in [1.165, 1.54) is 0 Å². The summed E-state index contributed by atoms with van der Waals surface area (Å²) in [6, 6.07) is 1.81. The number of fused-ring (bicyclic) bond motifs is 1. The zero-order valence-electron chi connectivity index (χ0n) is 8.13. The molecule has 1 aromatic rings. The van der Waals surface area contributed by atoms with E-state index in [1.54, 1.807) is 0 Å². The number of hydrogen-bond donors (Lipinski definition) is 1. The summed E-state index contributed by atoms with van der Waals surface area (Å²) in [5.41, 5.74) is 7.79. The Balaban J connectivity index is 2.62. The second-order valence-corrected chi connectivity index (χ2v) is 3.82. The predicted octanol–water partition coefficient (Wildman–Crippen LogP) is 2.40. The molecule has 0 aliphatic carbocycles. The van der Waals surface area contributed by atoms with Gasteiger partial charge in [-0.05, 0) is 31.0 Å². The first-order chi connectivity index (χ1) is 6.61. The molecule has 14 heavy (non-hydrogen) atoms. The minimum Gasteiger partial charge on any atom is -0.454 e. The fraction of sp³-hybridized carbons (Fsp3) is 0.400. The third-order valence-electron chi connectivity index (χ3n) is 2.31. The number of halogens is 1. The van der Waals surface area contributed by atoms with Gasteiger partial charge in [0, 0.05) is 6.04 Å². The molecule has 1 atom stereocenters. The van der Waals surface area contributed by atoms with Gasteiger partial charge < -0.3 is 15.2 Å². The van der Waals surface area contributed by atoms with Gasteiger partial charge in [0.15, 0.2) is 11.5 Å².